The summed E-state index contributed by atoms with van der Waals surface area (Å²) in [5.74, 6) is 0.752. The van der Waals surface area contributed by atoms with Gasteiger partial charge < -0.3 is 15.5 Å². The number of anilines is 2. The lowest BCUT2D eigenvalue weighted by atomic mass is 9.94. The SMILES string of the molecule is Cc1ccc(C(N)=O)cc1NC(=O)Nc1ncc(C=Cc2ncc(C(C)(C)C)o2)s1. The summed E-state index contributed by atoms with van der Waals surface area (Å²) in [5.41, 5.74) is 6.80. The minimum atomic E-state index is -0.560. The summed E-state index contributed by atoms with van der Waals surface area (Å²) < 4.78 is 5.72. The number of hydrogen-bond acceptors (Lipinski definition) is 6. The third-order valence-electron chi connectivity index (χ3n) is 4.17. The smallest absolute Gasteiger partial charge is 0.325 e. The molecule has 0 unspecified atom stereocenters. The molecule has 1 aromatic carbocycles. The van der Waals surface area contributed by atoms with Gasteiger partial charge in [0.05, 0.1) is 6.20 Å². The molecule has 3 rings (SSSR count). The largest absolute Gasteiger partial charge is 0.441 e. The Bertz CT molecular complexity index is 1110. The predicted molar refractivity (Wildman–Crippen MR) is 119 cm³/mol. The highest BCUT2D eigenvalue weighted by Gasteiger charge is 2.18. The van der Waals surface area contributed by atoms with Gasteiger partial charge in [0.15, 0.2) is 5.13 Å². The number of primary amides is 1. The summed E-state index contributed by atoms with van der Waals surface area (Å²) in [5, 5.41) is 5.81. The van der Waals surface area contributed by atoms with E-state index < -0.39 is 11.9 Å². The normalized spacial score (nSPS) is 11.6. The highest BCUT2D eigenvalue weighted by atomic mass is 32.1. The minimum absolute atomic E-state index is 0.108. The molecule has 0 bridgehead atoms. The van der Waals surface area contributed by atoms with Crippen molar-refractivity contribution in [1.82, 2.24) is 9.97 Å². The number of nitrogens with zero attached hydrogens (tertiary/aromatic N) is 2. The summed E-state index contributed by atoms with van der Waals surface area (Å²) in [6, 6.07) is 4.40. The van der Waals surface area contributed by atoms with E-state index in [0.717, 1.165) is 16.2 Å². The van der Waals surface area contributed by atoms with Gasteiger partial charge in [-0.05, 0) is 30.7 Å². The molecule has 0 aliphatic carbocycles. The van der Waals surface area contributed by atoms with Gasteiger partial charge in [-0.15, -0.1) is 0 Å². The fourth-order valence-corrected chi connectivity index (χ4v) is 3.16. The van der Waals surface area contributed by atoms with Gasteiger partial charge in [-0.3, -0.25) is 10.1 Å². The number of nitrogens with one attached hydrogen (secondary N) is 2. The molecule has 8 nitrogen and oxygen atoms in total. The molecule has 0 saturated heterocycles. The summed E-state index contributed by atoms with van der Waals surface area (Å²) >= 11 is 1.30. The zero-order chi connectivity index (χ0) is 21.9. The van der Waals surface area contributed by atoms with Gasteiger partial charge in [-0.25, -0.2) is 14.8 Å². The van der Waals surface area contributed by atoms with E-state index in [9.17, 15) is 9.59 Å². The van der Waals surface area contributed by atoms with Crippen LogP contribution < -0.4 is 16.4 Å². The summed E-state index contributed by atoms with van der Waals surface area (Å²) in [7, 11) is 0. The van der Waals surface area contributed by atoms with Crippen LogP contribution in [0.1, 0.15) is 53.2 Å². The first-order valence-corrected chi connectivity index (χ1v) is 10.0. The van der Waals surface area contributed by atoms with Crippen LogP contribution in [0.25, 0.3) is 12.2 Å². The first-order chi connectivity index (χ1) is 14.1. The van der Waals surface area contributed by atoms with Crippen molar-refractivity contribution in [2.45, 2.75) is 33.1 Å². The molecule has 0 fully saturated rings. The number of benzene rings is 1. The molecule has 3 amide bonds. The van der Waals surface area contributed by atoms with Crippen molar-refractivity contribution in [3.05, 3.63) is 58.2 Å². The molecule has 2 aromatic heterocycles. The Morgan fingerprint density at radius 3 is 2.57 bits per heavy atom. The van der Waals surface area contributed by atoms with Crippen LogP contribution >= 0.6 is 11.3 Å². The van der Waals surface area contributed by atoms with Crippen LogP contribution in [0.5, 0.6) is 0 Å². The maximum absolute atomic E-state index is 12.3. The lowest BCUT2D eigenvalue weighted by Gasteiger charge is -2.12. The van der Waals surface area contributed by atoms with E-state index in [2.05, 4.69) is 41.4 Å². The Morgan fingerprint density at radius 1 is 1.13 bits per heavy atom. The maximum Gasteiger partial charge on any atom is 0.325 e. The van der Waals surface area contributed by atoms with Crippen LogP contribution in [0.15, 0.2) is 35.0 Å². The average molecular weight is 426 g/mol. The number of carbonyl (C=O) groups is 2. The Kier molecular flexibility index (Phi) is 6.02. The van der Waals surface area contributed by atoms with Gasteiger partial charge in [-0.1, -0.05) is 38.2 Å². The highest BCUT2D eigenvalue weighted by Crippen LogP contribution is 2.25. The number of nitrogens with two attached hydrogens (primary N) is 1. The van der Waals surface area contributed by atoms with Crippen molar-refractivity contribution in [3.8, 4) is 0 Å². The fourth-order valence-electron chi connectivity index (χ4n) is 2.45. The molecule has 0 radical (unpaired) electrons. The Morgan fingerprint density at radius 2 is 1.90 bits per heavy atom. The summed E-state index contributed by atoms with van der Waals surface area (Å²) in [4.78, 5) is 32.9. The van der Waals surface area contributed by atoms with Crippen molar-refractivity contribution in [3.63, 3.8) is 0 Å². The maximum atomic E-state index is 12.3. The van der Waals surface area contributed by atoms with Crippen molar-refractivity contribution in [1.29, 1.82) is 0 Å². The van der Waals surface area contributed by atoms with Crippen molar-refractivity contribution < 1.29 is 14.0 Å². The third kappa shape index (κ3) is 5.32. The lowest BCUT2D eigenvalue weighted by molar-refractivity contribution is 0.1000. The molecule has 3 aromatic rings. The van der Waals surface area contributed by atoms with E-state index in [4.69, 9.17) is 10.2 Å². The van der Waals surface area contributed by atoms with Gasteiger partial charge in [0, 0.05) is 33.8 Å². The minimum Gasteiger partial charge on any atom is -0.441 e. The van der Waals surface area contributed by atoms with Crippen molar-refractivity contribution in [2.75, 3.05) is 10.6 Å². The topological polar surface area (TPSA) is 123 Å². The molecule has 0 saturated carbocycles. The van der Waals surface area contributed by atoms with E-state index in [0.29, 0.717) is 22.3 Å². The molecule has 156 valence electrons. The van der Waals surface area contributed by atoms with Crippen LogP contribution in [0.4, 0.5) is 15.6 Å². The Hall–Kier alpha value is -3.46. The van der Waals surface area contributed by atoms with Crippen molar-refractivity contribution >= 4 is 46.2 Å². The number of carbonyl (C=O) groups excluding carboxylic acids is 2. The molecule has 0 aliphatic heterocycles. The molecule has 2 heterocycles. The third-order valence-corrected chi connectivity index (χ3v) is 5.05. The van der Waals surface area contributed by atoms with Crippen LogP contribution in [0.3, 0.4) is 0 Å². The Balaban J connectivity index is 1.63. The van der Waals surface area contributed by atoms with Crippen LogP contribution in [-0.2, 0) is 5.41 Å². The summed E-state index contributed by atoms with van der Waals surface area (Å²) in [6.45, 7) is 7.98. The van der Waals surface area contributed by atoms with Crippen LogP contribution in [0, 0.1) is 6.92 Å². The van der Waals surface area contributed by atoms with Crippen LogP contribution in [-0.4, -0.2) is 21.9 Å². The number of urea groups is 1. The number of oxazole rings is 1. The standard InChI is InChI=1S/C21H23N5O3S/c1-12-5-6-13(18(22)27)9-15(12)25-19(28)26-20-24-10-14(30-20)7-8-17-23-11-16(29-17)21(2,3)4/h5-11H,1-4H3,(H2,22,27)(H2,24,25,26,28). The number of rotatable bonds is 5. The zero-order valence-electron chi connectivity index (χ0n) is 17.1. The van der Waals surface area contributed by atoms with Gasteiger partial charge in [0.25, 0.3) is 0 Å². The first kappa shape index (κ1) is 21.3. The fraction of sp³-hybridized carbons (Fsp3) is 0.238. The van der Waals surface area contributed by atoms with Crippen molar-refractivity contribution in [2.24, 2.45) is 5.73 Å². The second kappa shape index (κ2) is 8.50. The summed E-state index contributed by atoms with van der Waals surface area (Å²) in [6.07, 6.45) is 6.94. The first-order valence-electron chi connectivity index (χ1n) is 9.20. The lowest BCUT2D eigenvalue weighted by Crippen LogP contribution is -2.20. The molecule has 0 spiro atoms. The van der Waals surface area contributed by atoms with E-state index >= 15 is 0 Å². The van der Waals surface area contributed by atoms with E-state index in [1.807, 2.05) is 13.0 Å². The molecule has 0 atom stereocenters. The molecule has 0 aliphatic rings. The van der Waals surface area contributed by atoms with E-state index in [1.54, 1.807) is 30.6 Å². The van der Waals surface area contributed by atoms with Gasteiger partial charge in [-0.2, -0.15) is 0 Å². The van der Waals surface area contributed by atoms with Gasteiger partial charge >= 0.3 is 6.03 Å². The van der Waals surface area contributed by atoms with E-state index in [1.165, 1.54) is 17.4 Å². The number of aromatic nitrogens is 2. The second-order valence-electron chi connectivity index (χ2n) is 7.69. The monoisotopic (exact) mass is 425 g/mol. The second-order valence-corrected chi connectivity index (χ2v) is 8.75. The molecule has 9 heteroatoms. The average Bonchev–Trinajstić information content (AvgIpc) is 3.30. The van der Waals surface area contributed by atoms with Crippen LogP contribution in [0.2, 0.25) is 0 Å². The number of aryl methyl sites for hydroxylation is 1. The Labute approximate surface area is 178 Å². The quantitative estimate of drug-likeness (QED) is 0.549. The van der Waals surface area contributed by atoms with E-state index in [-0.39, 0.29) is 5.41 Å². The molecular weight excluding hydrogens is 402 g/mol. The number of thiazole rings is 1. The highest BCUT2D eigenvalue weighted by molar-refractivity contribution is 7.16. The predicted octanol–water partition coefficient (Wildman–Crippen LogP) is 4.65. The molecule has 4 N–H and O–H groups in total. The number of hydrogen-bond donors (Lipinski definition) is 3. The number of amides is 3. The molecule has 30 heavy (non-hydrogen) atoms. The van der Waals surface area contributed by atoms with Gasteiger partial charge in [0.2, 0.25) is 11.8 Å². The van der Waals surface area contributed by atoms with Gasteiger partial charge in [0.1, 0.15) is 5.76 Å². The molecular formula is C21H23N5O3S. The zero-order valence-corrected chi connectivity index (χ0v) is 18.0.